The molecule has 2 heterocycles. The zero-order valence-corrected chi connectivity index (χ0v) is 10.6. The van der Waals surface area contributed by atoms with Gasteiger partial charge in [-0.25, -0.2) is 0 Å². The summed E-state index contributed by atoms with van der Waals surface area (Å²) in [5.74, 6) is 0. The fourth-order valence-electron chi connectivity index (χ4n) is 2.21. The van der Waals surface area contributed by atoms with E-state index in [2.05, 4.69) is 26.6 Å². The van der Waals surface area contributed by atoms with Gasteiger partial charge >= 0.3 is 0 Å². The van der Waals surface area contributed by atoms with E-state index in [1.165, 1.54) is 38.9 Å². The van der Waals surface area contributed by atoms with Crippen molar-refractivity contribution in [2.75, 3.05) is 43.9 Å². The van der Waals surface area contributed by atoms with E-state index in [1.807, 2.05) is 19.4 Å². The quantitative estimate of drug-likeness (QED) is 0.739. The molecule has 0 aliphatic carbocycles. The molecule has 0 radical (unpaired) electrons. The summed E-state index contributed by atoms with van der Waals surface area (Å²) in [6.45, 7) is 4.81. The summed E-state index contributed by atoms with van der Waals surface area (Å²) in [6, 6.07) is 2.09. The number of nitrogens with zero attached hydrogens (tertiary/aromatic N) is 2. The predicted molar refractivity (Wildman–Crippen MR) is 72.6 cm³/mol. The van der Waals surface area contributed by atoms with E-state index < -0.39 is 0 Å². The lowest BCUT2D eigenvalue weighted by atomic mass is 10.3. The van der Waals surface area contributed by atoms with Crippen LogP contribution in [0.15, 0.2) is 18.5 Å². The van der Waals surface area contributed by atoms with Crippen LogP contribution in [0.3, 0.4) is 0 Å². The van der Waals surface area contributed by atoms with Crippen LogP contribution in [0, 0.1) is 0 Å². The van der Waals surface area contributed by atoms with Gasteiger partial charge in [0.15, 0.2) is 0 Å². The van der Waals surface area contributed by atoms with E-state index in [0.717, 1.165) is 17.9 Å². The zero-order chi connectivity index (χ0) is 11.9. The molecule has 0 spiro atoms. The molecule has 0 atom stereocenters. The van der Waals surface area contributed by atoms with E-state index in [9.17, 15) is 0 Å². The molecule has 4 heteroatoms. The molecule has 2 N–H and O–H groups in total. The van der Waals surface area contributed by atoms with Gasteiger partial charge in [-0.2, -0.15) is 0 Å². The molecule has 4 nitrogen and oxygen atoms in total. The van der Waals surface area contributed by atoms with Crippen molar-refractivity contribution in [3.63, 3.8) is 0 Å². The second-order valence-electron chi connectivity index (χ2n) is 4.54. The van der Waals surface area contributed by atoms with Crippen LogP contribution in [0.2, 0.25) is 0 Å². The summed E-state index contributed by atoms with van der Waals surface area (Å²) in [6.07, 6.45) is 7.65. The SMILES string of the molecule is CNc1cncc(NCCCN2CCCC2)c1. The maximum Gasteiger partial charge on any atom is 0.0547 e. The van der Waals surface area contributed by atoms with Crippen LogP contribution in [0.1, 0.15) is 19.3 Å². The topological polar surface area (TPSA) is 40.2 Å². The number of aromatic nitrogens is 1. The Kier molecular flexibility index (Phi) is 4.62. The average molecular weight is 234 g/mol. The lowest BCUT2D eigenvalue weighted by Crippen LogP contribution is -2.22. The van der Waals surface area contributed by atoms with E-state index in [4.69, 9.17) is 0 Å². The van der Waals surface area contributed by atoms with Crippen molar-refractivity contribution in [2.24, 2.45) is 0 Å². The van der Waals surface area contributed by atoms with Crippen molar-refractivity contribution < 1.29 is 0 Å². The summed E-state index contributed by atoms with van der Waals surface area (Å²) in [5.41, 5.74) is 2.15. The number of pyridine rings is 1. The summed E-state index contributed by atoms with van der Waals surface area (Å²) in [4.78, 5) is 6.72. The molecular formula is C13H22N4. The Balaban J connectivity index is 1.66. The highest BCUT2D eigenvalue weighted by molar-refractivity contribution is 5.53. The number of hydrogen-bond donors (Lipinski definition) is 2. The molecule has 0 aromatic carbocycles. The van der Waals surface area contributed by atoms with Gasteiger partial charge in [0, 0.05) is 13.6 Å². The maximum atomic E-state index is 4.18. The van der Waals surface area contributed by atoms with E-state index in [0.29, 0.717) is 0 Å². The highest BCUT2D eigenvalue weighted by Gasteiger charge is 2.09. The highest BCUT2D eigenvalue weighted by atomic mass is 15.1. The van der Waals surface area contributed by atoms with Crippen molar-refractivity contribution in [3.8, 4) is 0 Å². The van der Waals surface area contributed by atoms with Gasteiger partial charge in [-0.05, 0) is 45.0 Å². The van der Waals surface area contributed by atoms with Crippen LogP contribution in [-0.4, -0.2) is 43.1 Å². The third-order valence-electron chi connectivity index (χ3n) is 3.21. The van der Waals surface area contributed by atoms with E-state index >= 15 is 0 Å². The molecule has 1 aliphatic heterocycles. The summed E-state index contributed by atoms with van der Waals surface area (Å²) in [7, 11) is 1.91. The van der Waals surface area contributed by atoms with Crippen LogP contribution < -0.4 is 10.6 Å². The molecule has 94 valence electrons. The number of likely N-dealkylation sites (tertiary alicyclic amines) is 1. The van der Waals surface area contributed by atoms with E-state index in [-0.39, 0.29) is 0 Å². The molecule has 0 unspecified atom stereocenters. The molecule has 1 aromatic heterocycles. The number of anilines is 2. The molecule has 0 amide bonds. The molecule has 0 saturated carbocycles. The minimum atomic E-state index is 1.02. The van der Waals surface area contributed by atoms with Gasteiger partial charge in [-0.1, -0.05) is 0 Å². The van der Waals surface area contributed by atoms with Crippen LogP contribution in [0.5, 0.6) is 0 Å². The largest absolute Gasteiger partial charge is 0.387 e. The first-order valence-corrected chi connectivity index (χ1v) is 6.47. The first-order valence-electron chi connectivity index (χ1n) is 6.47. The Morgan fingerprint density at radius 2 is 2.00 bits per heavy atom. The summed E-state index contributed by atoms with van der Waals surface area (Å²) in [5, 5.41) is 6.51. The average Bonchev–Trinajstić information content (AvgIpc) is 2.88. The van der Waals surface area contributed by atoms with Gasteiger partial charge in [-0.15, -0.1) is 0 Å². The van der Waals surface area contributed by atoms with Crippen LogP contribution in [-0.2, 0) is 0 Å². The molecule has 1 aliphatic rings. The predicted octanol–water partition coefficient (Wildman–Crippen LogP) is 2.02. The summed E-state index contributed by atoms with van der Waals surface area (Å²) < 4.78 is 0. The van der Waals surface area contributed by atoms with Crippen molar-refractivity contribution in [3.05, 3.63) is 18.5 Å². The van der Waals surface area contributed by atoms with Gasteiger partial charge in [0.1, 0.15) is 0 Å². The summed E-state index contributed by atoms with van der Waals surface area (Å²) >= 11 is 0. The van der Waals surface area contributed by atoms with Gasteiger partial charge in [0.25, 0.3) is 0 Å². The molecule has 2 rings (SSSR count). The fourth-order valence-corrected chi connectivity index (χ4v) is 2.21. The number of nitrogens with one attached hydrogen (secondary N) is 2. The molecular weight excluding hydrogens is 212 g/mol. The number of rotatable bonds is 6. The lowest BCUT2D eigenvalue weighted by Gasteiger charge is -2.14. The van der Waals surface area contributed by atoms with Crippen molar-refractivity contribution in [1.29, 1.82) is 0 Å². The Labute approximate surface area is 103 Å². The fraction of sp³-hybridized carbons (Fsp3) is 0.615. The van der Waals surface area contributed by atoms with Crippen molar-refractivity contribution in [2.45, 2.75) is 19.3 Å². The van der Waals surface area contributed by atoms with E-state index in [1.54, 1.807) is 0 Å². The van der Waals surface area contributed by atoms with Gasteiger partial charge in [0.2, 0.25) is 0 Å². The standard InChI is InChI=1S/C13H22N4/c1-14-12-9-13(11-15-10-12)16-5-4-8-17-6-2-3-7-17/h9-11,14,16H,2-8H2,1H3. The highest BCUT2D eigenvalue weighted by Crippen LogP contribution is 2.12. The maximum absolute atomic E-state index is 4.18. The van der Waals surface area contributed by atoms with Crippen LogP contribution in [0.25, 0.3) is 0 Å². The smallest absolute Gasteiger partial charge is 0.0547 e. The Bertz CT molecular complexity index is 334. The Morgan fingerprint density at radius 3 is 2.76 bits per heavy atom. The zero-order valence-electron chi connectivity index (χ0n) is 10.6. The first kappa shape index (κ1) is 12.2. The lowest BCUT2D eigenvalue weighted by molar-refractivity contribution is 0.337. The molecule has 1 saturated heterocycles. The van der Waals surface area contributed by atoms with Gasteiger partial charge < -0.3 is 15.5 Å². The molecule has 17 heavy (non-hydrogen) atoms. The minimum absolute atomic E-state index is 1.02. The third-order valence-corrected chi connectivity index (χ3v) is 3.21. The number of hydrogen-bond acceptors (Lipinski definition) is 4. The second kappa shape index (κ2) is 6.45. The van der Waals surface area contributed by atoms with Gasteiger partial charge in [0.05, 0.1) is 23.8 Å². The van der Waals surface area contributed by atoms with Crippen molar-refractivity contribution >= 4 is 11.4 Å². The van der Waals surface area contributed by atoms with Crippen molar-refractivity contribution in [1.82, 2.24) is 9.88 Å². The Hall–Kier alpha value is -1.29. The first-order chi connectivity index (χ1) is 8.38. The van der Waals surface area contributed by atoms with Crippen LogP contribution >= 0.6 is 0 Å². The monoisotopic (exact) mass is 234 g/mol. The van der Waals surface area contributed by atoms with Crippen LogP contribution in [0.4, 0.5) is 11.4 Å². The molecule has 1 aromatic rings. The minimum Gasteiger partial charge on any atom is -0.387 e. The Morgan fingerprint density at radius 1 is 1.24 bits per heavy atom. The normalized spacial score (nSPS) is 16.1. The third kappa shape index (κ3) is 3.89. The molecule has 1 fully saturated rings. The molecule has 0 bridgehead atoms. The second-order valence-corrected chi connectivity index (χ2v) is 4.54. The van der Waals surface area contributed by atoms with Gasteiger partial charge in [-0.3, -0.25) is 4.98 Å².